The maximum Gasteiger partial charge on any atom is 0.238 e. The lowest BCUT2D eigenvalue weighted by atomic mass is 10.2. The van der Waals surface area contributed by atoms with Gasteiger partial charge in [0.1, 0.15) is 0 Å². The van der Waals surface area contributed by atoms with Gasteiger partial charge in [0.15, 0.2) is 9.84 Å². The second-order valence-corrected chi connectivity index (χ2v) is 8.67. The fourth-order valence-electron chi connectivity index (χ4n) is 1.75. The van der Waals surface area contributed by atoms with Crippen molar-refractivity contribution >= 4 is 21.4 Å². The molecule has 6 heteroatoms. The number of hydrogen-bond donors (Lipinski definition) is 1. The summed E-state index contributed by atoms with van der Waals surface area (Å²) in [5.41, 5.74) is 1.31. The smallest absolute Gasteiger partial charge is 0.238 e. The van der Waals surface area contributed by atoms with Gasteiger partial charge in [0.25, 0.3) is 0 Å². The van der Waals surface area contributed by atoms with Crippen LogP contribution in [-0.4, -0.2) is 44.1 Å². The first-order valence-electron chi connectivity index (χ1n) is 7.42. The summed E-state index contributed by atoms with van der Waals surface area (Å²) in [5.74, 6) is -0.125. The molecule has 0 aliphatic heterocycles. The maximum absolute atomic E-state index is 12.0. The van der Waals surface area contributed by atoms with Crippen LogP contribution in [0.5, 0.6) is 0 Å². The number of nitrogens with one attached hydrogen (secondary N) is 1. The molecule has 0 saturated carbocycles. The van der Waals surface area contributed by atoms with Gasteiger partial charge in [-0.2, -0.15) is 0 Å². The van der Waals surface area contributed by atoms with E-state index in [9.17, 15) is 13.2 Å². The zero-order valence-electron chi connectivity index (χ0n) is 14.0. The van der Waals surface area contributed by atoms with Crippen LogP contribution in [0.4, 0.5) is 5.69 Å². The van der Waals surface area contributed by atoms with Gasteiger partial charge in [0.05, 0.1) is 17.5 Å². The Bertz CT molecular complexity index is 610. The lowest BCUT2D eigenvalue weighted by molar-refractivity contribution is -0.117. The monoisotopic (exact) mass is 326 g/mol. The van der Waals surface area contributed by atoms with Crippen LogP contribution < -0.4 is 5.32 Å². The third kappa shape index (κ3) is 5.77. The molecule has 0 unspecified atom stereocenters. The zero-order valence-corrected chi connectivity index (χ0v) is 14.8. The van der Waals surface area contributed by atoms with Crippen LogP contribution in [0.2, 0.25) is 0 Å². The maximum atomic E-state index is 12.0. The summed E-state index contributed by atoms with van der Waals surface area (Å²) >= 11 is 0. The number of benzene rings is 1. The molecule has 0 aliphatic carbocycles. The van der Waals surface area contributed by atoms with E-state index in [2.05, 4.69) is 5.32 Å². The molecule has 0 atom stereocenters. The Kier molecular flexibility index (Phi) is 6.56. The van der Waals surface area contributed by atoms with Crippen LogP contribution >= 0.6 is 0 Å². The number of likely N-dealkylation sites (N-methyl/N-ethyl adjacent to an activating group) is 1. The van der Waals surface area contributed by atoms with Gasteiger partial charge >= 0.3 is 0 Å². The Hall–Kier alpha value is -1.40. The molecule has 1 N–H and O–H groups in total. The van der Waals surface area contributed by atoms with E-state index in [1.54, 1.807) is 38.1 Å². The van der Waals surface area contributed by atoms with Gasteiger partial charge in [0, 0.05) is 11.7 Å². The number of sulfone groups is 1. The number of amides is 1. The molecule has 0 aliphatic rings. The lowest BCUT2D eigenvalue weighted by Gasteiger charge is -2.20. The van der Waals surface area contributed by atoms with Gasteiger partial charge in [-0.25, -0.2) is 8.42 Å². The fraction of sp³-hybridized carbons (Fsp3) is 0.562. The molecule has 124 valence electrons. The van der Waals surface area contributed by atoms with Crippen molar-refractivity contribution in [3.05, 3.63) is 29.8 Å². The van der Waals surface area contributed by atoms with E-state index in [0.717, 1.165) is 0 Å². The Morgan fingerprint density at radius 2 is 1.86 bits per heavy atom. The van der Waals surface area contributed by atoms with Crippen LogP contribution in [0.3, 0.4) is 0 Å². The van der Waals surface area contributed by atoms with Gasteiger partial charge in [-0.05, 0) is 52.4 Å². The van der Waals surface area contributed by atoms with Crippen LogP contribution in [0.1, 0.15) is 33.3 Å². The first-order valence-corrected chi connectivity index (χ1v) is 9.14. The van der Waals surface area contributed by atoms with E-state index in [4.69, 9.17) is 0 Å². The summed E-state index contributed by atoms with van der Waals surface area (Å²) < 4.78 is 23.9. The minimum absolute atomic E-state index is 0.0136. The molecule has 1 aromatic carbocycles. The molecule has 0 fully saturated rings. The Balaban J connectivity index is 2.75. The molecular weight excluding hydrogens is 300 g/mol. The summed E-state index contributed by atoms with van der Waals surface area (Å²) in [6.45, 7) is 7.67. The number of hydrogen-bond acceptors (Lipinski definition) is 4. The Morgan fingerprint density at radius 1 is 1.23 bits per heavy atom. The van der Waals surface area contributed by atoms with Crippen molar-refractivity contribution in [3.63, 3.8) is 0 Å². The Morgan fingerprint density at radius 3 is 2.41 bits per heavy atom. The molecule has 1 amide bonds. The number of rotatable bonds is 7. The average molecular weight is 326 g/mol. The predicted molar refractivity (Wildman–Crippen MR) is 90.6 cm³/mol. The summed E-state index contributed by atoms with van der Waals surface area (Å²) in [7, 11) is -1.26. The van der Waals surface area contributed by atoms with Crippen molar-refractivity contribution in [2.45, 2.75) is 44.7 Å². The highest BCUT2D eigenvalue weighted by atomic mass is 32.2. The summed E-state index contributed by atoms with van der Waals surface area (Å²) in [6.07, 6.45) is 0. The van der Waals surface area contributed by atoms with E-state index < -0.39 is 15.1 Å². The highest BCUT2D eigenvalue weighted by Crippen LogP contribution is 2.15. The van der Waals surface area contributed by atoms with Gasteiger partial charge in [0.2, 0.25) is 5.91 Å². The molecule has 1 aromatic rings. The summed E-state index contributed by atoms with van der Waals surface area (Å²) in [4.78, 5) is 13.9. The van der Waals surface area contributed by atoms with E-state index in [1.807, 2.05) is 25.8 Å². The molecular formula is C16H26N2O3S. The molecule has 5 nitrogen and oxygen atoms in total. The van der Waals surface area contributed by atoms with Gasteiger partial charge < -0.3 is 5.32 Å². The minimum Gasteiger partial charge on any atom is -0.325 e. The third-order valence-corrected chi connectivity index (χ3v) is 5.74. The predicted octanol–water partition coefficient (Wildman–Crippen LogP) is 2.29. The highest BCUT2D eigenvalue weighted by molar-refractivity contribution is 7.91. The molecule has 0 spiro atoms. The third-order valence-electron chi connectivity index (χ3n) is 3.57. The van der Waals surface area contributed by atoms with Crippen molar-refractivity contribution in [1.29, 1.82) is 0 Å². The van der Waals surface area contributed by atoms with Gasteiger partial charge in [-0.3, -0.25) is 9.69 Å². The SMILES string of the molecule is CC(C)N(C)CC(=O)Nc1cccc(CS(=O)(=O)C(C)C)c1. The molecule has 0 radical (unpaired) electrons. The lowest BCUT2D eigenvalue weighted by Crippen LogP contribution is -2.34. The molecule has 0 heterocycles. The molecule has 1 rings (SSSR count). The average Bonchev–Trinajstić information content (AvgIpc) is 2.37. The number of carbonyl (C=O) groups is 1. The van der Waals surface area contributed by atoms with E-state index in [-0.39, 0.29) is 17.7 Å². The number of carbonyl (C=O) groups excluding carboxylic acids is 1. The van der Waals surface area contributed by atoms with Crippen molar-refractivity contribution in [2.75, 3.05) is 18.9 Å². The van der Waals surface area contributed by atoms with Crippen LogP contribution in [0.15, 0.2) is 24.3 Å². The first-order chi connectivity index (χ1) is 10.1. The summed E-state index contributed by atoms with van der Waals surface area (Å²) in [5, 5.41) is 2.40. The second-order valence-electron chi connectivity index (χ2n) is 6.11. The van der Waals surface area contributed by atoms with Gasteiger partial charge in [-0.1, -0.05) is 12.1 Å². The standard InChI is InChI=1S/C16H26N2O3S/c1-12(2)18(5)10-16(19)17-15-8-6-7-14(9-15)11-22(20,21)13(3)4/h6-9,12-13H,10-11H2,1-5H3,(H,17,19). The van der Waals surface area contributed by atoms with Crippen LogP contribution in [0, 0.1) is 0 Å². The molecule has 0 aromatic heterocycles. The number of nitrogens with zero attached hydrogens (tertiary/aromatic N) is 1. The number of anilines is 1. The molecule has 0 saturated heterocycles. The van der Waals surface area contributed by atoms with Crippen molar-refractivity contribution in [2.24, 2.45) is 0 Å². The quantitative estimate of drug-likeness (QED) is 0.835. The van der Waals surface area contributed by atoms with Crippen molar-refractivity contribution in [3.8, 4) is 0 Å². The minimum atomic E-state index is -3.15. The van der Waals surface area contributed by atoms with E-state index in [1.165, 1.54) is 0 Å². The second kappa shape index (κ2) is 7.74. The van der Waals surface area contributed by atoms with Crippen LogP contribution in [0.25, 0.3) is 0 Å². The fourth-order valence-corrected chi connectivity index (χ4v) is 2.72. The first kappa shape index (κ1) is 18.6. The zero-order chi connectivity index (χ0) is 16.9. The largest absolute Gasteiger partial charge is 0.325 e. The normalized spacial score (nSPS) is 12.2. The highest BCUT2D eigenvalue weighted by Gasteiger charge is 2.17. The molecule has 0 bridgehead atoms. The molecule has 22 heavy (non-hydrogen) atoms. The van der Waals surface area contributed by atoms with Crippen LogP contribution in [-0.2, 0) is 20.4 Å². The van der Waals surface area contributed by atoms with E-state index in [0.29, 0.717) is 17.8 Å². The Labute approximate surface area is 133 Å². The topological polar surface area (TPSA) is 66.5 Å². The summed E-state index contributed by atoms with van der Waals surface area (Å²) in [6, 6.07) is 7.28. The van der Waals surface area contributed by atoms with Gasteiger partial charge in [-0.15, -0.1) is 0 Å². The van der Waals surface area contributed by atoms with Crippen molar-refractivity contribution in [1.82, 2.24) is 4.90 Å². The van der Waals surface area contributed by atoms with E-state index >= 15 is 0 Å². The van der Waals surface area contributed by atoms with Crippen molar-refractivity contribution < 1.29 is 13.2 Å².